The SMILES string of the molecule is O=P([O-])([O-])[O-].[Pu]. The first-order valence-electron chi connectivity index (χ1n) is 0.730. The van der Waals surface area contributed by atoms with Crippen molar-refractivity contribution in [2.24, 2.45) is 0 Å². The molecule has 0 heterocycles. The Morgan fingerprint density at radius 1 is 1.17 bits per heavy atom. The van der Waals surface area contributed by atoms with Gasteiger partial charge in [0.2, 0.25) is 0 Å². The third-order valence-electron chi connectivity index (χ3n) is 0. The summed E-state index contributed by atoms with van der Waals surface area (Å²) in [5.74, 6) is 0. The Bertz CT molecular complexity index is 53.7. The third-order valence-corrected chi connectivity index (χ3v) is 0. The van der Waals surface area contributed by atoms with Gasteiger partial charge in [-0.1, -0.05) is 0 Å². The second-order valence-corrected chi connectivity index (χ2v) is 1.34. The van der Waals surface area contributed by atoms with Gasteiger partial charge in [-0.05, 0) is 0 Å². The smallest absolute Gasteiger partial charge is 0 e. The molecular weight excluding hydrogens is 339 g/mol. The Morgan fingerprint density at radius 2 is 1.17 bits per heavy atom. The van der Waals surface area contributed by atoms with E-state index in [-0.39, 0.29) is 29.2 Å². The summed E-state index contributed by atoms with van der Waals surface area (Å²) < 4.78 is 8.55. The van der Waals surface area contributed by atoms with Crippen LogP contribution in [0.5, 0.6) is 0 Å². The molecule has 0 aliphatic carbocycles. The normalized spacial score (nSPS) is 9.83. The van der Waals surface area contributed by atoms with E-state index >= 15 is 0 Å². The summed E-state index contributed by atoms with van der Waals surface area (Å²) in [5.41, 5.74) is 0. The molecule has 0 spiro atoms. The molecule has 6 heavy (non-hydrogen) atoms. The number of rotatable bonds is 0. The Kier molecular flexibility index (Phi) is 5.32. The second-order valence-electron chi connectivity index (χ2n) is 0.447. The molecule has 0 radical (unpaired) electrons. The fraction of sp³-hybridized carbons (Fsp3) is 0. The zero-order valence-corrected chi connectivity index (χ0v) is 6.78. The van der Waals surface area contributed by atoms with Crippen molar-refractivity contribution >= 4 is 7.82 Å². The van der Waals surface area contributed by atoms with Gasteiger partial charge in [-0.2, -0.15) is 7.82 Å². The van der Waals surface area contributed by atoms with Crippen molar-refractivity contribution in [2.75, 3.05) is 0 Å². The molecule has 0 bridgehead atoms. The topological polar surface area (TPSA) is 86.2 Å². The van der Waals surface area contributed by atoms with E-state index < -0.39 is 7.82 Å². The monoisotopic (exact) mass is 333 g/mol. The number of hydrogen-bond acceptors (Lipinski definition) is 4. The van der Waals surface area contributed by atoms with Crippen LogP contribution in [0.3, 0.4) is 0 Å². The fourth-order valence-corrected chi connectivity index (χ4v) is 0. The molecule has 0 aromatic heterocycles. The summed E-state index contributed by atoms with van der Waals surface area (Å²) in [6.45, 7) is 0. The van der Waals surface area contributed by atoms with Crippen LogP contribution >= 0.6 is 7.82 Å². The van der Waals surface area contributed by atoms with Crippen LogP contribution in [0.15, 0.2) is 0 Å². The first-order chi connectivity index (χ1) is 2.00. The zero-order chi connectivity index (χ0) is 4.50. The Labute approximate surface area is 56.4 Å². The van der Waals surface area contributed by atoms with Crippen molar-refractivity contribution in [1.82, 2.24) is 0 Å². The van der Waals surface area contributed by atoms with Gasteiger partial charge < -0.3 is 19.2 Å². The summed E-state index contributed by atoms with van der Waals surface area (Å²) in [4.78, 5) is 25.6. The van der Waals surface area contributed by atoms with Gasteiger partial charge in [-0.25, -0.2) is 0 Å². The Balaban J connectivity index is 0. The van der Waals surface area contributed by atoms with E-state index in [1.54, 1.807) is 0 Å². The van der Waals surface area contributed by atoms with E-state index in [1.165, 1.54) is 0 Å². The molecule has 0 rings (SSSR count). The quantitative estimate of drug-likeness (QED) is 0.446. The van der Waals surface area contributed by atoms with Gasteiger partial charge in [0.15, 0.2) is 0 Å². The molecule has 0 fully saturated rings. The van der Waals surface area contributed by atoms with Crippen LogP contribution in [0.25, 0.3) is 0 Å². The Morgan fingerprint density at radius 3 is 1.17 bits per heavy atom. The van der Waals surface area contributed by atoms with Crippen LogP contribution in [0.2, 0.25) is 0 Å². The van der Waals surface area contributed by atoms with Crippen LogP contribution in [0.4, 0.5) is 0 Å². The van der Waals surface area contributed by atoms with E-state index in [0.29, 0.717) is 0 Å². The van der Waals surface area contributed by atoms with Crippen LogP contribution < -0.4 is 14.7 Å². The molecule has 0 N–H and O–H groups in total. The molecule has 4 nitrogen and oxygen atoms in total. The first kappa shape index (κ1) is 10.2. The van der Waals surface area contributed by atoms with Gasteiger partial charge in [-0.3, -0.25) is 0 Å². The van der Waals surface area contributed by atoms with Gasteiger partial charge in [0.05, 0.1) is 0 Å². The van der Waals surface area contributed by atoms with Gasteiger partial charge in [0.1, 0.15) is 0 Å². The molecule has 38 valence electrons. The van der Waals surface area contributed by atoms with Crippen molar-refractivity contribution in [2.45, 2.75) is 0 Å². The Hall–Kier alpha value is 1.10. The third kappa shape index (κ3) is 71.1. The van der Waals surface area contributed by atoms with Crippen LogP contribution in [0.1, 0.15) is 0 Å². The van der Waals surface area contributed by atoms with Crippen molar-refractivity contribution in [1.29, 1.82) is 0 Å². The number of hydrogen-bond donors (Lipinski definition) is 0. The molecule has 0 saturated heterocycles. The van der Waals surface area contributed by atoms with Crippen molar-refractivity contribution in [3.05, 3.63) is 0 Å². The minimum atomic E-state index is -5.39. The second kappa shape index (κ2) is 3.14. The molecule has 0 aromatic rings. The molecule has 6 heteroatoms. The number of phosphoric acid groups is 1. The standard InChI is InChI=1S/H3O4P.Pu/c1-5(2,3)4;/h(H3,1,2,3,4);/p-3. The average molecular weight is 339 g/mol. The van der Waals surface area contributed by atoms with E-state index in [2.05, 4.69) is 0 Å². The molecule has 0 saturated carbocycles. The summed E-state index contributed by atoms with van der Waals surface area (Å²) >= 11 is 0. The molecule has 0 aromatic carbocycles. The maximum Gasteiger partial charge on any atom is 0 e. The molecule has 0 amide bonds. The minimum Gasteiger partial charge on any atom is -0.822 e. The van der Waals surface area contributed by atoms with Crippen LogP contribution in [-0.2, 0) is 4.57 Å². The first-order valence-corrected chi connectivity index (χ1v) is 2.19. The van der Waals surface area contributed by atoms with Gasteiger partial charge in [0.25, 0.3) is 0 Å². The summed E-state index contributed by atoms with van der Waals surface area (Å²) in [6.07, 6.45) is 0. The summed E-state index contributed by atoms with van der Waals surface area (Å²) in [5, 5.41) is 0. The van der Waals surface area contributed by atoms with E-state index in [4.69, 9.17) is 19.2 Å². The van der Waals surface area contributed by atoms with Gasteiger partial charge in [-0.15, -0.1) is 0 Å². The van der Waals surface area contributed by atoms with Crippen LogP contribution in [-0.4, -0.2) is 0 Å². The summed E-state index contributed by atoms with van der Waals surface area (Å²) in [7, 11) is -5.39. The maximum absolute atomic E-state index is 8.55. The van der Waals surface area contributed by atoms with Gasteiger partial charge >= 0.3 is 0 Å². The molecule has 0 unspecified atom stereocenters. The van der Waals surface area contributed by atoms with E-state index in [9.17, 15) is 0 Å². The van der Waals surface area contributed by atoms with Crippen LogP contribution in [0, 0.1) is 29.2 Å². The van der Waals surface area contributed by atoms with E-state index in [1.807, 2.05) is 0 Å². The predicted octanol–water partition coefficient (Wildman–Crippen LogP) is -2.82. The molecule has 0 atom stereocenters. The molecule has 0 aliphatic rings. The van der Waals surface area contributed by atoms with E-state index in [0.717, 1.165) is 0 Å². The fourth-order valence-electron chi connectivity index (χ4n) is 0. The molecular formula is O4PPu-3. The largest absolute Gasteiger partial charge is 0.822 e. The van der Waals surface area contributed by atoms with Crippen molar-refractivity contribution in [3.63, 3.8) is 0 Å². The van der Waals surface area contributed by atoms with Crippen molar-refractivity contribution in [3.8, 4) is 0 Å². The zero-order valence-electron chi connectivity index (χ0n) is 2.49. The van der Waals surface area contributed by atoms with Gasteiger partial charge in [0, 0.05) is 29.2 Å². The predicted molar refractivity (Wildman–Crippen MR) is 7.61 cm³/mol. The minimum absolute atomic E-state index is 0. The van der Waals surface area contributed by atoms with Crippen molar-refractivity contribution < 1.29 is 48.4 Å². The molecule has 0 aliphatic heterocycles. The summed E-state index contributed by atoms with van der Waals surface area (Å²) in [6, 6.07) is 0. The maximum atomic E-state index is 8.55. The average Bonchev–Trinajstić information content (AvgIpc) is 0.722.